The first-order chi connectivity index (χ1) is 22.5. The van der Waals surface area contributed by atoms with E-state index in [2.05, 4.69) is 11.8 Å². The van der Waals surface area contributed by atoms with Crippen LogP contribution in [0.25, 0.3) is 0 Å². The Kier molecular flexibility index (Phi) is 10.9. The molecule has 12 heteroatoms. The smallest absolute Gasteiger partial charge is 0.457 e. The van der Waals surface area contributed by atoms with E-state index in [1.807, 2.05) is 59.0 Å². The minimum Gasteiger partial charge on any atom is -0.457 e. The Morgan fingerprint density at radius 2 is 1.71 bits per heavy atom. The fourth-order valence-corrected chi connectivity index (χ4v) is 8.71. The van der Waals surface area contributed by atoms with Crippen molar-refractivity contribution in [2.75, 3.05) is 7.05 Å². The van der Waals surface area contributed by atoms with E-state index >= 15 is 0 Å². The molecule has 0 aliphatic carbocycles. The molecule has 5 rings (SSSR count). The molecule has 0 saturated carbocycles. The predicted octanol–water partition coefficient (Wildman–Crippen LogP) is 5.31. The summed E-state index contributed by atoms with van der Waals surface area (Å²) in [6.45, 7) is 15.2. The summed E-state index contributed by atoms with van der Waals surface area (Å²) in [7, 11) is 1.95. The second-order valence-electron chi connectivity index (χ2n) is 15.0. The van der Waals surface area contributed by atoms with Crippen LogP contribution in [0.4, 0.5) is 4.79 Å². The quantitative estimate of drug-likeness (QED) is 0.295. The number of ether oxygens (including phenoxy) is 6. The van der Waals surface area contributed by atoms with E-state index in [-0.39, 0.29) is 23.8 Å². The Balaban J connectivity index is 1.45. The molecule has 4 fully saturated rings. The summed E-state index contributed by atoms with van der Waals surface area (Å²) in [5, 5.41) is 12.4. The van der Waals surface area contributed by atoms with Crippen LogP contribution in [-0.4, -0.2) is 95.1 Å². The molecule has 2 bridgehead atoms. The summed E-state index contributed by atoms with van der Waals surface area (Å²) in [6.07, 6.45) is -4.52. The van der Waals surface area contributed by atoms with Crippen LogP contribution in [0, 0.1) is 23.7 Å². The Labute approximate surface area is 288 Å². The van der Waals surface area contributed by atoms with Crippen molar-refractivity contribution < 1.29 is 47.9 Å². The minimum absolute atomic E-state index is 0.0486. The molecule has 4 saturated heterocycles. The number of cyclic esters (lactones) is 3. The van der Waals surface area contributed by atoms with Gasteiger partial charge in [0, 0.05) is 29.4 Å². The molecule has 0 radical (unpaired) electrons. The fraction of sp³-hybridized carbons (Fsp3) is 0.750. The first kappa shape index (κ1) is 37.0. The van der Waals surface area contributed by atoms with E-state index in [0.717, 1.165) is 5.56 Å². The summed E-state index contributed by atoms with van der Waals surface area (Å²) in [4.78, 5) is 42.2. The van der Waals surface area contributed by atoms with E-state index in [1.165, 1.54) is 6.92 Å². The number of ketones is 1. The second kappa shape index (κ2) is 14.2. The Morgan fingerprint density at radius 3 is 2.35 bits per heavy atom. The van der Waals surface area contributed by atoms with Gasteiger partial charge in [-0.15, -0.1) is 0 Å². The van der Waals surface area contributed by atoms with Gasteiger partial charge in [-0.05, 0) is 77.6 Å². The van der Waals surface area contributed by atoms with Crippen LogP contribution in [0.15, 0.2) is 24.3 Å². The molecular formula is C36H52ClNO10. The van der Waals surface area contributed by atoms with Gasteiger partial charge in [-0.25, -0.2) is 4.79 Å². The van der Waals surface area contributed by atoms with Gasteiger partial charge in [0.2, 0.25) is 0 Å². The van der Waals surface area contributed by atoms with Crippen molar-refractivity contribution in [3.8, 4) is 0 Å². The third-order valence-electron chi connectivity index (χ3n) is 11.1. The first-order valence-electron chi connectivity index (χ1n) is 17.2. The molecule has 5 unspecified atom stereocenters. The molecule has 4 heterocycles. The third kappa shape index (κ3) is 7.01. The number of fused-ring (bicyclic) bond motifs is 2. The molecule has 268 valence electrons. The molecule has 11 nitrogen and oxygen atoms in total. The molecule has 0 aromatic heterocycles. The normalized spacial score (nSPS) is 43.8. The van der Waals surface area contributed by atoms with Crippen LogP contribution >= 0.6 is 11.6 Å². The number of hydrogen-bond acceptors (Lipinski definition) is 11. The number of carbonyl (C=O) groups excluding carboxylic acids is 3. The lowest BCUT2D eigenvalue weighted by molar-refractivity contribution is -0.296. The molecule has 14 atom stereocenters. The lowest BCUT2D eigenvalue weighted by Crippen LogP contribution is -2.58. The summed E-state index contributed by atoms with van der Waals surface area (Å²) < 4.78 is 37.1. The van der Waals surface area contributed by atoms with E-state index in [4.69, 9.17) is 40.0 Å². The maximum Gasteiger partial charge on any atom is 0.509 e. The average molecular weight is 694 g/mol. The third-order valence-corrected chi connectivity index (χ3v) is 11.4. The van der Waals surface area contributed by atoms with E-state index in [9.17, 15) is 19.5 Å². The molecule has 0 spiro atoms. The Morgan fingerprint density at radius 1 is 1.04 bits per heavy atom. The zero-order chi connectivity index (χ0) is 35.3. The summed E-state index contributed by atoms with van der Waals surface area (Å²) in [5.74, 6) is -3.56. The van der Waals surface area contributed by atoms with E-state index in [0.29, 0.717) is 30.8 Å². The molecule has 4 aliphatic rings. The van der Waals surface area contributed by atoms with Crippen molar-refractivity contribution in [2.45, 2.75) is 141 Å². The zero-order valence-corrected chi connectivity index (χ0v) is 30.3. The standard InChI is InChI=1S/C36H52ClNO10/c1-10-26-36(8,48-34(42)44-26)31-22(6)29-18(2)16-35(7,47-29)30(20(4)27(39)21(5)32(41)45-31)46-33-28(40)25(15-19(3)43-33)38(9)17-23-11-13-24(37)14-12-23/h11-14,18-22,25-26,28-31,33,40H,10,15-17H2,1-9H3/t18?,19?,20-,21+,22-,25?,26+,28?,29?,30+,31+,33-,35+,36+/m0/s1. The van der Waals surface area contributed by atoms with E-state index < -0.39 is 77.9 Å². The van der Waals surface area contributed by atoms with Crippen LogP contribution in [0.1, 0.15) is 80.2 Å². The van der Waals surface area contributed by atoms with Gasteiger partial charge in [0.05, 0.1) is 23.9 Å². The van der Waals surface area contributed by atoms with Crippen molar-refractivity contribution in [2.24, 2.45) is 23.7 Å². The van der Waals surface area contributed by atoms with Gasteiger partial charge in [0.15, 0.2) is 17.7 Å². The van der Waals surface area contributed by atoms with Gasteiger partial charge in [0.1, 0.15) is 24.2 Å². The highest BCUT2D eigenvalue weighted by Gasteiger charge is 2.61. The highest BCUT2D eigenvalue weighted by molar-refractivity contribution is 6.30. The minimum atomic E-state index is -1.29. The lowest BCUT2D eigenvalue weighted by Gasteiger charge is -2.46. The van der Waals surface area contributed by atoms with Gasteiger partial charge >= 0.3 is 12.1 Å². The number of benzene rings is 1. The highest BCUT2D eigenvalue weighted by atomic mass is 35.5. The van der Waals surface area contributed by atoms with Crippen molar-refractivity contribution in [3.63, 3.8) is 0 Å². The van der Waals surface area contributed by atoms with Crippen LogP contribution in [0.2, 0.25) is 5.02 Å². The van der Waals surface area contributed by atoms with Gasteiger partial charge in [0.25, 0.3) is 0 Å². The second-order valence-corrected chi connectivity index (χ2v) is 15.4. The lowest BCUT2D eigenvalue weighted by atomic mass is 9.76. The number of esters is 1. The number of aliphatic hydroxyl groups is 1. The number of Topliss-reactive ketones (excluding diaryl/α,β-unsaturated/α-hetero) is 1. The molecular weight excluding hydrogens is 642 g/mol. The number of aliphatic hydroxyl groups excluding tert-OH is 1. The molecule has 1 N–H and O–H groups in total. The topological polar surface area (TPSA) is 130 Å². The molecule has 0 amide bonds. The molecule has 4 aliphatic heterocycles. The van der Waals surface area contributed by atoms with Crippen LogP contribution in [0.5, 0.6) is 0 Å². The predicted molar refractivity (Wildman–Crippen MR) is 176 cm³/mol. The van der Waals surface area contributed by atoms with Gasteiger partial charge in [-0.2, -0.15) is 0 Å². The Bertz CT molecular complexity index is 1340. The maximum absolute atomic E-state index is 14.1. The zero-order valence-electron chi connectivity index (χ0n) is 29.5. The molecule has 48 heavy (non-hydrogen) atoms. The van der Waals surface area contributed by atoms with Crippen LogP contribution in [0.3, 0.4) is 0 Å². The highest BCUT2D eigenvalue weighted by Crippen LogP contribution is 2.48. The largest absolute Gasteiger partial charge is 0.509 e. The Hall–Kier alpha value is -2.28. The van der Waals surface area contributed by atoms with Crippen molar-refractivity contribution in [1.82, 2.24) is 4.90 Å². The van der Waals surface area contributed by atoms with Gasteiger partial charge in [-0.3, -0.25) is 14.5 Å². The average Bonchev–Trinajstić information content (AvgIpc) is 3.52. The summed E-state index contributed by atoms with van der Waals surface area (Å²) in [5.41, 5.74) is -1.23. The number of carbonyl (C=O) groups is 3. The molecule has 1 aromatic rings. The van der Waals surface area contributed by atoms with Crippen LogP contribution < -0.4 is 0 Å². The van der Waals surface area contributed by atoms with Gasteiger partial charge < -0.3 is 33.5 Å². The maximum atomic E-state index is 14.1. The number of nitrogens with zero attached hydrogens (tertiary/aromatic N) is 1. The van der Waals surface area contributed by atoms with Crippen molar-refractivity contribution in [3.05, 3.63) is 34.9 Å². The number of likely N-dealkylation sites (N-methyl/N-ethyl adjacent to an activating group) is 1. The number of hydrogen-bond donors (Lipinski definition) is 1. The van der Waals surface area contributed by atoms with Crippen molar-refractivity contribution in [1.29, 1.82) is 0 Å². The summed E-state index contributed by atoms with van der Waals surface area (Å²) in [6, 6.07) is 7.29. The van der Waals surface area contributed by atoms with E-state index in [1.54, 1.807) is 13.8 Å². The fourth-order valence-electron chi connectivity index (χ4n) is 8.59. The number of rotatable bonds is 7. The summed E-state index contributed by atoms with van der Waals surface area (Å²) >= 11 is 6.09. The molecule has 1 aromatic carbocycles. The SMILES string of the molecule is CC[C@H]1OC(=O)O[C@@]1(C)[C@@H]1OC(=O)[C@H](C)C(=O)[C@H](C)[C@@H](O[C@@H]2OC(C)CC(N(C)Cc3ccc(Cl)cc3)C2O)[C@@]2(C)CC(C)C(O2)[C@@H]1C. The van der Waals surface area contributed by atoms with Crippen LogP contribution in [-0.2, 0) is 44.6 Å². The van der Waals surface area contributed by atoms with Crippen molar-refractivity contribution >= 4 is 29.5 Å². The number of halogens is 1. The monoisotopic (exact) mass is 693 g/mol. The van der Waals surface area contributed by atoms with Gasteiger partial charge in [-0.1, -0.05) is 51.4 Å². The first-order valence-corrected chi connectivity index (χ1v) is 17.6.